The molecule has 4 heterocycles. The predicted molar refractivity (Wildman–Crippen MR) is 106 cm³/mol. The highest BCUT2D eigenvalue weighted by atomic mass is 19.1. The number of fused-ring (bicyclic) bond motifs is 2. The number of H-pyrrole nitrogens is 1. The molecule has 0 aliphatic heterocycles. The van der Waals surface area contributed by atoms with Crippen LogP contribution in [0.25, 0.3) is 33.5 Å². The van der Waals surface area contributed by atoms with Crippen LogP contribution in [0.15, 0.2) is 36.9 Å². The molecule has 4 aromatic heterocycles. The van der Waals surface area contributed by atoms with Gasteiger partial charge in [0.05, 0.1) is 19.2 Å². The Morgan fingerprint density at radius 2 is 2.14 bits per heavy atom. The lowest BCUT2D eigenvalue weighted by Gasteiger charge is -2.31. The Hall–Kier alpha value is -3.29. The zero-order chi connectivity index (χ0) is 20.0. The van der Waals surface area contributed by atoms with Crippen molar-refractivity contribution < 1.29 is 13.9 Å². The van der Waals surface area contributed by atoms with Crippen LogP contribution in [-0.2, 0) is 9.53 Å². The summed E-state index contributed by atoms with van der Waals surface area (Å²) in [5.74, 6) is -0.286. The SMILES string of the molecule is COC(=O)[C@H]1CCCC[C@@H]1n1ccc2cnc(-c3c[nH]c4ncc(F)cc34)nc21. The second-order valence-electron chi connectivity index (χ2n) is 7.43. The van der Waals surface area contributed by atoms with Gasteiger partial charge in [-0.2, -0.15) is 0 Å². The van der Waals surface area contributed by atoms with Gasteiger partial charge in [-0.3, -0.25) is 4.79 Å². The summed E-state index contributed by atoms with van der Waals surface area (Å²) in [5, 5.41) is 1.53. The van der Waals surface area contributed by atoms with E-state index in [4.69, 9.17) is 9.72 Å². The van der Waals surface area contributed by atoms with Gasteiger partial charge in [0.15, 0.2) is 5.82 Å². The van der Waals surface area contributed by atoms with Gasteiger partial charge in [-0.05, 0) is 25.0 Å². The smallest absolute Gasteiger partial charge is 0.310 e. The molecular weight excluding hydrogens is 373 g/mol. The van der Waals surface area contributed by atoms with Gasteiger partial charge in [-0.1, -0.05) is 12.8 Å². The highest BCUT2D eigenvalue weighted by Gasteiger charge is 2.33. The number of methoxy groups -OCH3 is 1. The van der Waals surface area contributed by atoms with Gasteiger partial charge < -0.3 is 14.3 Å². The van der Waals surface area contributed by atoms with Crippen LogP contribution in [0.1, 0.15) is 31.7 Å². The van der Waals surface area contributed by atoms with Crippen LogP contribution < -0.4 is 0 Å². The minimum absolute atomic E-state index is 0.00136. The number of pyridine rings is 1. The van der Waals surface area contributed by atoms with Gasteiger partial charge in [0.2, 0.25) is 0 Å². The molecule has 0 spiro atoms. The number of nitrogens with one attached hydrogen (secondary N) is 1. The Morgan fingerprint density at radius 3 is 3.00 bits per heavy atom. The van der Waals surface area contributed by atoms with Crippen LogP contribution in [-0.4, -0.2) is 37.6 Å². The monoisotopic (exact) mass is 393 g/mol. The third-order valence-electron chi connectivity index (χ3n) is 5.78. The summed E-state index contributed by atoms with van der Waals surface area (Å²) in [4.78, 5) is 28.7. The summed E-state index contributed by atoms with van der Waals surface area (Å²) < 4.78 is 20.8. The van der Waals surface area contributed by atoms with E-state index in [2.05, 4.69) is 19.5 Å². The van der Waals surface area contributed by atoms with E-state index in [-0.39, 0.29) is 17.9 Å². The first-order valence-corrected chi connectivity index (χ1v) is 9.70. The first-order chi connectivity index (χ1) is 14.2. The van der Waals surface area contributed by atoms with Crippen molar-refractivity contribution in [3.8, 4) is 11.4 Å². The minimum Gasteiger partial charge on any atom is -0.469 e. The summed E-state index contributed by atoms with van der Waals surface area (Å²) in [6.45, 7) is 0. The van der Waals surface area contributed by atoms with E-state index in [1.165, 1.54) is 19.4 Å². The van der Waals surface area contributed by atoms with E-state index in [0.29, 0.717) is 22.4 Å². The number of ether oxygens (including phenoxy) is 1. The van der Waals surface area contributed by atoms with Crippen LogP contribution in [0.2, 0.25) is 0 Å². The van der Waals surface area contributed by atoms with E-state index >= 15 is 0 Å². The summed E-state index contributed by atoms with van der Waals surface area (Å²) in [6, 6.07) is 3.38. The van der Waals surface area contributed by atoms with Gasteiger partial charge in [0.1, 0.15) is 17.1 Å². The van der Waals surface area contributed by atoms with E-state index in [0.717, 1.165) is 36.7 Å². The molecule has 0 amide bonds. The second kappa shape index (κ2) is 6.95. The minimum atomic E-state index is -0.411. The van der Waals surface area contributed by atoms with Crippen molar-refractivity contribution >= 4 is 28.0 Å². The number of nitrogens with zero attached hydrogens (tertiary/aromatic N) is 4. The van der Waals surface area contributed by atoms with Crippen LogP contribution >= 0.6 is 0 Å². The highest BCUT2D eigenvalue weighted by Crippen LogP contribution is 2.37. The second-order valence-corrected chi connectivity index (χ2v) is 7.43. The number of rotatable bonds is 3. The third kappa shape index (κ3) is 2.95. The standard InChI is InChI=1S/C21H20FN5O2/c1-29-21(28)14-4-2-3-5-17(14)27-7-6-12-9-23-19(26-20(12)27)16-11-25-18-15(16)8-13(22)10-24-18/h6-11,14,17H,2-5H2,1H3,(H,24,25)/t14-,17-/m0/s1. The lowest BCUT2D eigenvalue weighted by molar-refractivity contribution is -0.148. The number of carbonyl (C=O) groups excluding carboxylic acids is 1. The number of aromatic nitrogens is 5. The summed E-state index contributed by atoms with van der Waals surface area (Å²) >= 11 is 0. The predicted octanol–water partition coefficient (Wildman–Crippen LogP) is 4.02. The molecule has 0 unspecified atom stereocenters. The van der Waals surface area contributed by atoms with Crippen molar-refractivity contribution in [2.75, 3.05) is 7.11 Å². The Balaban J connectivity index is 1.62. The van der Waals surface area contributed by atoms with Crippen molar-refractivity contribution in [3.05, 3.63) is 42.7 Å². The molecule has 8 heteroatoms. The molecule has 148 valence electrons. The molecule has 1 saturated carbocycles. The Labute approximate surface area is 165 Å². The van der Waals surface area contributed by atoms with Gasteiger partial charge in [-0.15, -0.1) is 0 Å². The molecule has 7 nitrogen and oxygen atoms in total. The Morgan fingerprint density at radius 1 is 1.28 bits per heavy atom. The number of hydrogen-bond acceptors (Lipinski definition) is 5. The maximum atomic E-state index is 13.7. The quantitative estimate of drug-likeness (QED) is 0.532. The molecule has 1 fully saturated rings. The number of esters is 1. The largest absolute Gasteiger partial charge is 0.469 e. The zero-order valence-electron chi connectivity index (χ0n) is 15.9. The molecule has 29 heavy (non-hydrogen) atoms. The Bertz CT molecular complexity index is 1210. The Kier molecular flexibility index (Phi) is 4.26. The number of halogens is 1. The van der Waals surface area contributed by atoms with Gasteiger partial charge in [-0.25, -0.2) is 19.3 Å². The normalized spacial score (nSPS) is 19.7. The van der Waals surface area contributed by atoms with Crippen LogP contribution in [0.4, 0.5) is 4.39 Å². The van der Waals surface area contributed by atoms with E-state index < -0.39 is 5.82 Å². The van der Waals surface area contributed by atoms with E-state index in [9.17, 15) is 9.18 Å². The van der Waals surface area contributed by atoms with Gasteiger partial charge in [0.25, 0.3) is 0 Å². The summed E-state index contributed by atoms with van der Waals surface area (Å²) in [7, 11) is 1.44. The lowest BCUT2D eigenvalue weighted by Crippen LogP contribution is -2.30. The average Bonchev–Trinajstić information content (AvgIpc) is 3.36. The first kappa shape index (κ1) is 17.8. The van der Waals surface area contributed by atoms with Gasteiger partial charge in [0, 0.05) is 41.0 Å². The molecule has 2 atom stereocenters. The zero-order valence-corrected chi connectivity index (χ0v) is 15.9. The van der Waals surface area contributed by atoms with Crippen molar-refractivity contribution in [1.29, 1.82) is 0 Å². The topological polar surface area (TPSA) is 85.7 Å². The van der Waals surface area contributed by atoms with E-state index in [1.807, 2.05) is 12.3 Å². The lowest BCUT2D eigenvalue weighted by atomic mass is 9.84. The maximum absolute atomic E-state index is 13.7. The molecule has 1 aliphatic carbocycles. The fourth-order valence-electron chi connectivity index (χ4n) is 4.37. The number of carbonyl (C=O) groups is 1. The van der Waals surface area contributed by atoms with E-state index in [1.54, 1.807) is 12.4 Å². The fraction of sp³-hybridized carbons (Fsp3) is 0.333. The van der Waals surface area contributed by atoms with Crippen LogP contribution in [0, 0.1) is 11.7 Å². The van der Waals surface area contributed by atoms with Crippen molar-refractivity contribution in [3.63, 3.8) is 0 Å². The third-order valence-corrected chi connectivity index (χ3v) is 5.78. The molecular formula is C21H20FN5O2. The highest BCUT2D eigenvalue weighted by molar-refractivity contribution is 5.92. The molecule has 0 saturated heterocycles. The van der Waals surface area contributed by atoms with Crippen molar-refractivity contribution in [2.24, 2.45) is 5.92 Å². The number of aromatic amines is 1. The van der Waals surface area contributed by atoms with Crippen LogP contribution in [0.5, 0.6) is 0 Å². The molecule has 1 aliphatic rings. The summed E-state index contributed by atoms with van der Waals surface area (Å²) in [5.41, 5.74) is 2.03. The van der Waals surface area contributed by atoms with Gasteiger partial charge >= 0.3 is 5.97 Å². The molecule has 0 radical (unpaired) electrons. The fourth-order valence-corrected chi connectivity index (χ4v) is 4.37. The van der Waals surface area contributed by atoms with Crippen molar-refractivity contribution in [2.45, 2.75) is 31.7 Å². The average molecular weight is 393 g/mol. The number of hydrogen-bond donors (Lipinski definition) is 1. The molecule has 5 rings (SSSR count). The van der Waals surface area contributed by atoms with Crippen molar-refractivity contribution in [1.82, 2.24) is 24.5 Å². The summed E-state index contributed by atoms with van der Waals surface area (Å²) in [6.07, 6.45) is 10.4. The first-order valence-electron chi connectivity index (χ1n) is 9.70. The van der Waals surface area contributed by atoms with Crippen LogP contribution in [0.3, 0.4) is 0 Å². The molecule has 0 aromatic carbocycles. The maximum Gasteiger partial charge on any atom is 0.310 e. The molecule has 0 bridgehead atoms. The molecule has 4 aromatic rings. The molecule has 1 N–H and O–H groups in total.